The van der Waals surface area contributed by atoms with Crippen molar-refractivity contribution in [3.05, 3.63) is 30.1 Å². The molecule has 4 rings (SSSR count). The molecule has 0 unspecified atom stereocenters. The number of hydrogen-bond donors (Lipinski definition) is 2. The molecule has 1 aromatic heterocycles. The maximum absolute atomic E-state index is 9.32. The highest BCUT2D eigenvalue weighted by Crippen LogP contribution is 2.35. The number of hydrogen-bond acceptors (Lipinski definition) is 6. The van der Waals surface area contributed by atoms with Crippen LogP contribution >= 0.6 is 0 Å². The minimum absolute atomic E-state index is 0.303. The standard InChI is InChI=1S/C17H24N6O/c24-12-13-7-9-22(10-8-13)16-4-2-1-3-15(16)18-11-17-19-20-21-23(17)14-5-6-14/h1-4,13-14,18,24H,5-12H2. The molecule has 128 valence electrons. The Morgan fingerprint density at radius 1 is 1.12 bits per heavy atom. The van der Waals surface area contributed by atoms with Crippen molar-refractivity contribution in [1.82, 2.24) is 20.2 Å². The van der Waals surface area contributed by atoms with Gasteiger partial charge in [-0.05, 0) is 54.2 Å². The van der Waals surface area contributed by atoms with Gasteiger partial charge in [0.2, 0.25) is 0 Å². The maximum atomic E-state index is 9.32. The van der Waals surface area contributed by atoms with Crippen molar-refractivity contribution in [1.29, 1.82) is 0 Å². The van der Waals surface area contributed by atoms with E-state index in [9.17, 15) is 5.11 Å². The van der Waals surface area contributed by atoms with E-state index in [0.29, 0.717) is 25.1 Å². The Morgan fingerprint density at radius 2 is 1.92 bits per heavy atom. The van der Waals surface area contributed by atoms with E-state index in [1.165, 1.54) is 18.5 Å². The van der Waals surface area contributed by atoms with E-state index >= 15 is 0 Å². The summed E-state index contributed by atoms with van der Waals surface area (Å²) in [7, 11) is 0. The first kappa shape index (κ1) is 15.4. The lowest BCUT2D eigenvalue weighted by Crippen LogP contribution is -2.35. The molecule has 2 N–H and O–H groups in total. The van der Waals surface area contributed by atoms with Crippen LogP contribution in [0.25, 0.3) is 0 Å². The Bertz CT molecular complexity index is 675. The molecule has 0 spiro atoms. The Kier molecular flexibility index (Phi) is 4.34. The van der Waals surface area contributed by atoms with Gasteiger partial charge >= 0.3 is 0 Å². The lowest BCUT2D eigenvalue weighted by atomic mass is 9.97. The smallest absolute Gasteiger partial charge is 0.170 e. The third-order valence-corrected chi connectivity index (χ3v) is 5.01. The SMILES string of the molecule is OCC1CCN(c2ccccc2NCc2nnnn2C2CC2)CC1. The minimum atomic E-state index is 0.303. The Hall–Kier alpha value is -2.15. The first-order chi connectivity index (χ1) is 11.8. The first-order valence-corrected chi connectivity index (χ1v) is 8.80. The second-order valence-electron chi connectivity index (χ2n) is 6.75. The first-order valence-electron chi connectivity index (χ1n) is 8.80. The molecule has 24 heavy (non-hydrogen) atoms. The number of nitrogens with zero attached hydrogens (tertiary/aromatic N) is 5. The summed E-state index contributed by atoms with van der Waals surface area (Å²) in [4.78, 5) is 2.40. The van der Waals surface area contributed by atoms with Gasteiger partial charge < -0.3 is 15.3 Å². The molecule has 0 amide bonds. The molecule has 7 nitrogen and oxygen atoms in total. The van der Waals surface area contributed by atoms with Crippen LogP contribution in [0.15, 0.2) is 24.3 Å². The monoisotopic (exact) mass is 328 g/mol. The van der Waals surface area contributed by atoms with Crippen LogP contribution in [-0.4, -0.2) is 45.0 Å². The quantitative estimate of drug-likeness (QED) is 0.842. The summed E-state index contributed by atoms with van der Waals surface area (Å²) in [5.41, 5.74) is 2.34. The Morgan fingerprint density at radius 3 is 2.67 bits per heavy atom. The van der Waals surface area contributed by atoms with Crippen molar-refractivity contribution in [2.45, 2.75) is 38.3 Å². The molecule has 2 heterocycles. The summed E-state index contributed by atoms with van der Waals surface area (Å²) in [6.45, 7) is 2.92. The molecule has 1 aliphatic carbocycles. The molecule has 1 aromatic carbocycles. The van der Waals surface area contributed by atoms with Crippen molar-refractivity contribution < 1.29 is 5.11 Å². The van der Waals surface area contributed by atoms with Crippen molar-refractivity contribution in [3.8, 4) is 0 Å². The molecular weight excluding hydrogens is 304 g/mol. The van der Waals surface area contributed by atoms with Gasteiger partial charge in [0.25, 0.3) is 0 Å². The normalized spacial score (nSPS) is 18.8. The molecule has 2 aromatic rings. The number of piperidine rings is 1. The van der Waals surface area contributed by atoms with Crippen molar-refractivity contribution in [3.63, 3.8) is 0 Å². The predicted molar refractivity (Wildman–Crippen MR) is 91.9 cm³/mol. The third-order valence-electron chi connectivity index (χ3n) is 5.01. The van der Waals surface area contributed by atoms with Gasteiger partial charge in [-0.1, -0.05) is 12.1 Å². The molecule has 2 aliphatic rings. The van der Waals surface area contributed by atoms with Gasteiger partial charge in [-0.2, -0.15) is 0 Å². The number of aliphatic hydroxyl groups excluding tert-OH is 1. The molecule has 1 saturated heterocycles. The number of aromatic nitrogens is 4. The summed E-state index contributed by atoms with van der Waals surface area (Å²) in [5, 5.41) is 24.9. The van der Waals surface area contributed by atoms with Gasteiger partial charge in [-0.15, -0.1) is 5.10 Å². The van der Waals surface area contributed by atoms with E-state index in [0.717, 1.165) is 37.4 Å². The summed E-state index contributed by atoms with van der Waals surface area (Å²) >= 11 is 0. The van der Waals surface area contributed by atoms with E-state index in [1.54, 1.807) is 0 Å². The molecule has 1 saturated carbocycles. The lowest BCUT2D eigenvalue weighted by Gasteiger charge is -2.34. The number of aliphatic hydroxyl groups is 1. The van der Waals surface area contributed by atoms with E-state index in [-0.39, 0.29) is 0 Å². The fourth-order valence-electron chi connectivity index (χ4n) is 3.36. The molecule has 7 heteroatoms. The molecule has 0 bridgehead atoms. The highest BCUT2D eigenvalue weighted by atomic mass is 16.3. The number of rotatable bonds is 6. The number of tetrazole rings is 1. The molecule has 1 aliphatic heterocycles. The second-order valence-corrected chi connectivity index (χ2v) is 6.75. The topological polar surface area (TPSA) is 79.1 Å². The van der Waals surface area contributed by atoms with Crippen molar-refractivity contribution >= 4 is 11.4 Å². The van der Waals surface area contributed by atoms with Gasteiger partial charge in [0.05, 0.1) is 24.0 Å². The largest absolute Gasteiger partial charge is 0.396 e. The summed E-state index contributed by atoms with van der Waals surface area (Å²) < 4.78 is 1.95. The highest BCUT2D eigenvalue weighted by Gasteiger charge is 2.27. The van der Waals surface area contributed by atoms with Gasteiger partial charge in [-0.3, -0.25) is 0 Å². The zero-order valence-electron chi connectivity index (χ0n) is 13.8. The zero-order valence-corrected chi connectivity index (χ0v) is 13.8. The predicted octanol–water partition coefficient (Wildman–Crippen LogP) is 1.83. The molecule has 2 fully saturated rings. The van der Waals surface area contributed by atoms with Crippen LogP contribution in [0.1, 0.15) is 37.5 Å². The zero-order chi connectivity index (χ0) is 16.4. The molecule has 0 radical (unpaired) electrons. The average molecular weight is 328 g/mol. The lowest BCUT2D eigenvalue weighted by molar-refractivity contribution is 0.203. The fourth-order valence-corrected chi connectivity index (χ4v) is 3.36. The summed E-state index contributed by atoms with van der Waals surface area (Å²) in [6.07, 6.45) is 4.44. The Labute approximate surface area is 141 Å². The second kappa shape index (κ2) is 6.76. The number of anilines is 2. The van der Waals surface area contributed by atoms with Gasteiger partial charge in [-0.25, -0.2) is 4.68 Å². The van der Waals surface area contributed by atoms with Gasteiger partial charge in [0, 0.05) is 19.7 Å². The Balaban J connectivity index is 1.45. The van der Waals surface area contributed by atoms with Crippen molar-refractivity contribution in [2.75, 3.05) is 29.9 Å². The molecule has 0 atom stereocenters. The van der Waals surface area contributed by atoms with Crippen LogP contribution in [0.2, 0.25) is 0 Å². The molecular formula is C17H24N6O. The highest BCUT2D eigenvalue weighted by molar-refractivity contribution is 5.70. The third kappa shape index (κ3) is 3.21. The van der Waals surface area contributed by atoms with Crippen LogP contribution in [0.4, 0.5) is 11.4 Å². The van der Waals surface area contributed by atoms with E-state index in [1.807, 2.05) is 4.68 Å². The van der Waals surface area contributed by atoms with E-state index in [2.05, 4.69) is 50.0 Å². The van der Waals surface area contributed by atoms with Crippen molar-refractivity contribution in [2.24, 2.45) is 5.92 Å². The van der Waals surface area contributed by atoms with Crippen LogP contribution in [0, 0.1) is 5.92 Å². The van der Waals surface area contributed by atoms with E-state index in [4.69, 9.17) is 0 Å². The summed E-state index contributed by atoms with van der Waals surface area (Å²) in [6, 6.07) is 8.89. The fraction of sp³-hybridized carbons (Fsp3) is 0.588. The summed E-state index contributed by atoms with van der Waals surface area (Å²) in [5.74, 6) is 1.34. The van der Waals surface area contributed by atoms with Crippen LogP contribution in [-0.2, 0) is 6.54 Å². The van der Waals surface area contributed by atoms with Crippen LogP contribution in [0.5, 0.6) is 0 Å². The van der Waals surface area contributed by atoms with Gasteiger partial charge in [0.1, 0.15) is 0 Å². The van der Waals surface area contributed by atoms with E-state index < -0.39 is 0 Å². The van der Waals surface area contributed by atoms with Gasteiger partial charge in [0.15, 0.2) is 5.82 Å². The number of nitrogens with one attached hydrogen (secondary N) is 1. The number of benzene rings is 1. The number of para-hydroxylation sites is 2. The average Bonchev–Trinajstić information content (AvgIpc) is 3.38. The van der Waals surface area contributed by atoms with Crippen LogP contribution in [0.3, 0.4) is 0 Å². The van der Waals surface area contributed by atoms with Crippen LogP contribution < -0.4 is 10.2 Å². The minimum Gasteiger partial charge on any atom is -0.396 e. The maximum Gasteiger partial charge on any atom is 0.170 e.